The van der Waals surface area contributed by atoms with E-state index in [4.69, 9.17) is 11.6 Å². The molecule has 0 aromatic heterocycles. The predicted octanol–water partition coefficient (Wildman–Crippen LogP) is 4.15. The van der Waals surface area contributed by atoms with Gasteiger partial charge in [-0.3, -0.25) is 9.10 Å². The molecule has 5 nitrogen and oxygen atoms in total. The molecule has 0 saturated heterocycles. The van der Waals surface area contributed by atoms with Crippen LogP contribution < -0.4 is 9.62 Å². The molecule has 146 valence electrons. The number of carbonyl (C=O) groups excluding carboxylic acids is 1. The van der Waals surface area contributed by atoms with Crippen molar-refractivity contribution in [1.29, 1.82) is 0 Å². The van der Waals surface area contributed by atoms with Crippen LogP contribution in [-0.2, 0) is 21.0 Å². The average molecular weight is 421 g/mol. The standard InChI is InChI=1S/C17H16ClF3N2O3S/c1-11(23(27(2,25)26)15-8-4-6-13(18)10-15)16(24)22-14-7-3-5-12(9-14)17(19,20)21/h3-11H,1-2H3,(H,22,24)/t11-/m0/s1. The molecule has 0 heterocycles. The van der Waals surface area contributed by atoms with Gasteiger partial charge in [0.1, 0.15) is 6.04 Å². The first kappa shape index (κ1) is 21.0. The molecule has 2 aromatic carbocycles. The molecule has 27 heavy (non-hydrogen) atoms. The van der Waals surface area contributed by atoms with Crippen LogP contribution in [0.3, 0.4) is 0 Å². The van der Waals surface area contributed by atoms with E-state index in [2.05, 4.69) is 5.32 Å². The second-order valence-electron chi connectivity index (χ2n) is 5.78. The number of hydrogen-bond donors (Lipinski definition) is 1. The van der Waals surface area contributed by atoms with Crippen molar-refractivity contribution in [2.24, 2.45) is 0 Å². The molecule has 2 rings (SSSR count). The van der Waals surface area contributed by atoms with Gasteiger partial charge in [0.05, 0.1) is 17.5 Å². The number of carbonyl (C=O) groups is 1. The quantitative estimate of drug-likeness (QED) is 0.790. The number of amides is 1. The SMILES string of the molecule is C[C@@H](C(=O)Nc1cccc(C(F)(F)F)c1)N(c1cccc(Cl)c1)S(C)(=O)=O. The normalized spacial score (nSPS) is 13.1. The molecule has 1 N–H and O–H groups in total. The number of hydrogen-bond acceptors (Lipinski definition) is 3. The van der Waals surface area contributed by atoms with E-state index in [1.54, 1.807) is 6.07 Å². The lowest BCUT2D eigenvalue weighted by Gasteiger charge is -2.28. The van der Waals surface area contributed by atoms with E-state index in [9.17, 15) is 26.4 Å². The minimum atomic E-state index is -4.56. The number of rotatable bonds is 5. The van der Waals surface area contributed by atoms with E-state index < -0.39 is 33.7 Å². The summed E-state index contributed by atoms with van der Waals surface area (Å²) in [6.07, 6.45) is -3.64. The highest BCUT2D eigenvalue weighted by molar-refractivity contribution is 7.92. The fourth-order valence-corrected chi connectivity index (χ4v) is 3.79. The zero-order chi connectivity index (χ0) is 20.4. The number of anilines is 2. The highest BCUT2D eigenvalue weighted by Crippen LogP contribution is 2.31. The van der Waals surface area contributed by atoms with Crippen LogP contribution in [0, 0.1) is 0 Å². The van der Waals surface area contributed by atoms with Crippen molar-refractivity contribution in [1.82, 2.24) is 0 Å². The van der Waals surface area contributed by atoms with Crippen LogP contribution in [0.4, 0.5) is 24.5 Å². The van der Waals surface area contributed by atoms with Gasteiger partial charge in [-0.05, 0) is 43.3 Å². The Morgan fingerprint density at radius 3 is 2.33 bits per heavy atom. The van der Waals surface area contributed by atoms with Gasteiger partial charge in [-0.1, -0.05) is 23.7 Å². The molecule has 0 saturated carbocycles. The molecule has 0 unspecified atom stereocenters. The van der Waals surface area contributed by atoms with Crippen molar-refractivity contribution in [3.05, 3.63) is 59.1 Å². The van der Waals surface area contributed by atoms with Crippen LogP contribution in [0.5, 0.6) is 0 Å². The van der Waals surface area contributed by atoms with Gasteiger partial charge in [-0.2, -0.15) is 13.2 Å². The third-order valence-electron chi connectivity index (χ3n) is 3.61. The Kier molecular flexibility index (Phi) is 6.06. The second-order valence-corrected chi connectivity index (χ2v) is 8.08. The molecule has 0 aliphatic carbocycles. The summed E-state index contributed by atoms with van der Waals surface area (Å²) in [5.41, 5.74) is -0.860. The number of nitrogens with zero attached hydrogens (tertiary/aromatic N) is 1. The Hall–Kier alpha value is -2.26. The van der Waals surface area contributed by atoms with E-state index in [1.165, 1.54) is 31.2 Å². The Morgan fingerprint density at radius 1 is 1.15 bits per heavy atom. The topological polar surface area (TPSA) is 66.5 Å². The molecular formula is C17H16ClF3N2O3S. The molecule has 0 spiro atoms. The number of nitrogens with one attached hydrogen (secondary N) is 1. The largest absolute Gasteiger partial charge is 0.416 e. The summed E-state index contributed by atoms with van der Waals surface area (Å²) in [4.78, 5) is 12.5. The van der Waals surface area contributed by atoms with Crippen molar-refractivity contribution < 1.29 is 26.4 Å². The third kappa shape index (κ3) is 5.36. The lowest BCUT2D eigenvalue weighted by molar-refractivity contribution is -0.137. The monoisotopic (exact) mass is 420 g/mol. The molecule has 1 atom stereocenters. The summed E-state index contributed by atoms with van der Waals surface area (Å²) < 4.78 is 63.6. The zero-order valence-electron chi connectivity index (χ0n) is 14.3. The molecule has 2 aromatic rings. The van der Waals surface area contributed by atoms with Crippen molar-refractivity contribution in [2.45, 2.75) is 19.1 Å². The third-order valence-corrected chi connectivity index (χ3v) is 5.09. The van der Waals surface area contributed by atoms with E-state index in [0.29, 0.717) is 0 Å². The van der Waals surface area contributed by atoms with Crippen LogP contribution in [-0.4, -0.2) is 26.6 Å². The predicted molar refractivity (Wildman–Crippen MR) is 98.3 cm³/mol. The molecule has 0 aliphatic heterocycles. The molecular weight excluding hydrogens is 405 g/mol. The lowest BCUT2D eigenvalue weighted by Crippen LogP contribution is -2.45. The Labute approximate surface area is 159 Å². The van der Waals surface area contributed by atoms with Crippen molar-refractivity contribution in [3.63, 3.8) is 0 Å². The van der Waals surface area contributed by atoms with Gasteiger partial charge in [0.15, 0.2) is 0 Å². The summed E-state index contributed by atoms with van der Waals surface area (Å²) in [5, 5.41) is 2.58. The first-order chi connectivity index (χ1) is 12.4. The smallest absolute Gasteiger partial charge is 0.324 e. The minimum Gasteiger partial charge on any atom is -0.324 e. The van der Waals surface area contributed by atoms with Crippen molar-refractivity contribution in [2.75, 3.05) is 15.9 Å². The van der Waals surface area contributed by atoms with E-state index in [-0.39, 0.29) is 16.4 Å². The van der Waals surface area contributed by atoms with Crippen LogP contribution >= 0.6 is 11.6 Å². The Morgan fingerprint density at radius 2 is 1.78 bits per heavy atom. The first-order valence-electron chi connectivity index (χ1n) is 7.62. The van der Waals surface area contributed by atoms with E-state index in [1.807, 2.05) is 0 Å². The maximum atomic E-state index is 12.8. The summed E-state index contributed by atoms with van der Waals surface area (Å²) in [6, 6.07) is 8.73. The van der Waals surface area contributed by atoms with Crippen LogP contribution in [0.15, 0.2) is 48.5 Å². The summed E-state index contributed by atoms with van der Waals surface area (Å²) in [6.45, 7) is 1.32. The maximum Gasteiger partial charge on any atom is 0.416 e. The molecule has 0 aliphatic rings. The number of alkyl halides is 3. The van der Waals surface area contributed by atoms with Gasteiger partial charge >= 0.3 is 6.18 Å². The fraction of sp³-hybridized carbons (Fsp3) is 0.235. The van der Waals surface area contributed by atoms with Gasteiger partial charge in [0.25, 0.3) is 0 Å². The average Bonchev–Trinajstić information content (AvgIpc) is 2.53. The number of halogens is 4. The van der Waals surface area contributed by atoms with Gasteiger partial charge in [0, 0.05) is 10.7 Å². The molecule has 0 fully saturated rings. The lowest BCUT2D eigenvalue weighted by atomic mass is 10.2. The second kappa shape index (κ2) is 7.77. The highest BCUT2D eigenvalue weighted by atomic mass is 35.5. The first-order valence-corrected chi connectivity index (χ1v) is 9.85. The number of benzene rings is 2. The Balaban J connectivity index is 2.31. The van der Waals surface area contributed by atoms with Gasteiger partial charge in [-0.25, -0.2) is 8.42 Å². The maximum absolute atomic E-state index is 12.8. The Bertz CT molecular complexity index is 948. The van der Waals surface area contributed by atoms with Gasteiger partial charge in [-0.15, -0.1) is 0 Å². The van der Waals surface area contributed by atoms with E-state index >= 15 is 0 Å². The zero-order valence-corrected chi connectivity index (χ0v) is 15.9. The van der Waals surface area contributed by atoms with Crippen molar-refractivity contribution in [3.8, 4) is 0 Å². The molecule has 0 bridgehead atoms. The molecule has 10 heteroatoms. The van der Waals surface area contributed by atoms with Crippen LogP contribution in [0.25, 0.3) is 0 Å². The summed E-state index contributed by atoms with van der Waals surface area (Å²) >= 11 is 5.88. The van der Waals surface area contributed by atoms with E-state index in [0.717, 1.165) is 28.8 Å². The van der Waals surface area contributed by atoms with Crippen LogP contribution in [0.2, 0.25) is 5.02 Å². The summed E-state index contributed by atoms with van der Waals surface area (Å²) in [5.74, 6) is -0.792. The van der Waals surface area contributed by atoms with Gasteiger partial charge in [0.2, 0.25) is 15.9 Å². The molecule has 1 amide bonds. The van der Waals surface area contributed by atoms with Gasteiger partial charge < -0.3 is 5.32 Å². The fourth-order valence-electron chi connectivity index (χ4n) is 2.44. The summed E-state index contributed by atoms with van der Waals surface area (Å²) in [7, 11) is -3.87. The molecule has 0 radical (unpaired) electrons. The highest BCUT2D eigenvalue weighted by Gasteiger charge is 2.32. The van der Waals surface area contributed by atoms with Crippen LogP contribution in [0.1, 0.15) is 12.5 Å². The number of sulfonamides is 1. The minimum absolute atomic E-state index is 0.0961. The van der Waals surface area contributed by atoms with Crippen molar-refractivity contribution >= 4 is 38.9 Å².